The molecule has 2 nitrogen and oxygen atoms in total. The lowest BCUT2D eigenvalue weighted by Crippen LogP contribution is -2.33. The van der Waals surface area contributed by atoms with Gasteiger partial charge in [0.2, 0.25) is 0 Å². The Morgan fingerprint density at radius 2 is 2.35 bits per heavy atom. The summed E-state index contributed by atoms with van der Waals surface area (Å²) in [5.74, 6) is 0. The van der Waals surface area contributed by atoms with Crippen molar-refractivity contribution >= 4 is 0 Å². The third-order valence-electron chi connectivity index (χ3n) is 3.54. The monoisotopic (exact) mass is 232 g/mol. The van der Waals surface area contributed by atoms with Crippen molar-refractivity contribution < 1.29 is 0 Å². The maximum absolute atomic E-state index is 3.61. The number of aryl methyl sites for hydroxylation is 1. The van der Waals surface area contributed by atoms with E-state index in [1.807, 2.05) is 0 Å². The molecule has 2 unspecified atom stereocenters. The van der Waals surface area contributed by atoms with Crippen LogP contribution in [0.2, 0.25) is 0 Å². The van der Waals surface area contributed by atoms with E-state index >= 15 is 0 Å². The van der Waals surface area contributed by atoms with Crippen molar-refractivity contribution in [3.8, 4) is 0 Å². The zero-order chi connectivity index (χ0) is 12.1. The van der Waals surface area contributed by atoms with Crippen LogP contribution in [0.1, 0.15) is 37.3 Å². The molecule has 0 bridgehead atoms. The molecule has 0 spiro atoms. The van der Waals surface area contributed by atoms with Gasteiger partial charge in [-0.15, -0.1) is 0 Å². The lowest BCUT2D eigenvalue weighted by Gasteiger charge is -2.18. The third-order valence-corrected chi connectivity index (χ3v) is 3.54. The molecular formula is C15H24N2. The number of benzene rings is 1. The molecular weight excluding hydrogens is 208 g/mol. The molecule has 1 aromatic rings. The molecule has 1 heterocycles. The fraction of sp³-hybridized carbons (Fsp3) is 0.600. The SMILES string of the molecule is Cc1cccc(CNC(C)CC2CCCN2)c1. The first kappa shape index (κ1) is 12.6. The quantitative estimate of drug-likeness (QED) is 0.815. The molecule has 1 aliphatic rings. The zero-order valence-electron chi connectivity index (χ0n) is 11.0. The predicted molar refractivity (Wildman–Crippen MR) is 73.1 cm³/mol. The summed E-state index contributed by atoms with van der Waals surface area (Å²) in [4.78, 5) is 0. The van der Waals surface area contributed by atoms with Crippen LogP contribution in [0.3, 0.4) is 0 Å². The molecule has 17 heavy (non-hydrogen) atoms. The molecule has 2 rings (SSSR count). The van der Waals surface area contributed by atoms with Crippen molar-refractivity contribution in [2.75, 3.05) is 6.54 Å². The maximum atomic E-state index is 3.61. The summed E-state index contributed by atoms with van der Waals surface area (Å²) in [6, 6.07) is 10.1. The van der Waals surface area contributed by atoms with Gasteiger partial charge in [-0.25, -0.2) is 0 Å². The summed E-state index contributed by atoms with van der Waals surface area (Å²) in [7, 11) is 0. The molecule has 2 atom stereocenters. The first-order chi connectivity index (χ1) is 8.24. The Labute approximate surface area is 105 Å². The van der Waals surface area contributed by atoms with Gasteiger partial charge < -0.3 is 10.6 Å². The van der Waals surface area contributed by atoms with E-state index in [4.69, 9.17) is 0 Å². The molecule has 94 valence electrons. The second kappa shape index (κ2) is 6.18. The fourth-order valence-corrected chi connectivity index (χ4v) is 2.58. The molecule has 0 aliphatic carbocycles. The predicted octanol–water partition coefficient (Wildman–Crippen LogP) is 2.62. The summed E-state index contributed by atoms with van der Waals surface area (Å²) in [6.45, 7) is 6.62. The molecule has 0 aromatic heterocycles. The van der Waals surface area contributed by atoms with E-state index < -0.39 is 0 Å². The minimum Gasteiger partial charge on any atom is -0.314 e. The Kier molecular flexibility index (Phi) is 4.57. The van der Waals surface area contributed by atoms with Crippen LogP contribution in [0.4, 0.5) is 0 Å². The largest absolute Gasteiger partial charge is 0.314 e. The number of hydrogen-bond donors (Lipinski definition) is 2. The van der Waals surface area contributed by atoms with Crippen molar-refractivity contribution in [1.29, 1.82) is 0 Å². The molecule has 0 radical (unpaired) electrons. The molecule has 1 fully saturated rings. The number of rotatable bonds is 5. The van der Waals surface area contributed by atoms with Crippen LogP contribution in [0, 0.1) is 6.92 Å². The lowest BCUT2D eigenvalue weighted by atomic mass is 10.1. The summed E-state index contributed by atoms with van der Waals surface area (Å²) in [5.41, 5.74) is 2.73. The van der Waals surface area contributed by atoms with Crippen molar-refractivity contribution in [2.45, 2.75) is 51.7 Å². The summed E-state index contributed by atoms with van der Waals surface area (Å²) < 4.78 is 0. The van der Waals surface area contributed by atoms with E-state index in [1.54, 1.807) is 0 Å². The van der Waals surface area contributed by atoms with Crippen LogP contribution in [0.15, 0.2) is 24.3 Å². The van der Waals surface area contributed by atoms with Crippen LogP contribution in [0.5, 0.6) is 0 Å². The Balaban J connectivity index is 1.73. The van der Waals surface area contributed by atoms with E-state index in [0.29, 0.717) is 6.04 Å². The van der Waals surface area contributed by atoms with E-state index in [1.165, 1.54) is 36.9 Å². The molecule has 0 amide bonds. The summed E-state index contributed by atoms with van der Waals surface area (Å²) in [5, 5.41) is 7.17. The summed E-state index contributed by atoms with van der Waals surface area (Å²) in [6.07, 6.45) is 3.93. The normalized spacial score (nSPS) is 21.6. The standard InChI is InChI=1S/C15H24N2/c1-12-5-3-6-14(9-12)11-17-13(2)10-15-7-4-8-16-15/h3,5-6,9,13,15-17H,4,7-8,10-11H2,1-2H3. The van der Waals surface area contributed by atoms with Gasteiger partial charge in [0.25, 0.3) is 0 Å². The van der Waals surface area contributed by atoms with Crippen LogP contribution in [-0.2, 0) is 6.54 Å². The molecule has 0 saturated carbocycles. The Hall–Kier alpha value is -0.860. The van der Waals surface area contributed by atoms with Gasteiger partial charge in [0.15, 0.2) is 0 Å². The summed E-state index contributed by atoms with van der Waals surface area (Å²) >= 11 is 0. The van der Waals surface area contributed by atoms with Gasteiger partial charge in [-0.05, 0) is 45.2 Å². The highest BCUT2D eigenvalue weighted by molar-refractivity contribution is 5.21. The maximum Gasteiger partial charge on any atom is 0.0208 e. The third kappa shape index (κ3) is 4.14. The van der Waals surface area contributed by atoms with Gasteiger partial charge in [-0.3, -0.25) is 0 Å². The van der Waals surface area contributed by atoms with Gasteiger partial charge in [0, 0.05) is 18.6 Å². The van der Waals surface area contributed by atoms with Gasteiger partial charge in [-0.2, -0.15) is 0 Å². The van der Waals surface area contributed by atoms with Crippen molar-refractivity contribution in [2.24, 2.45) is 0 Å². The minimum absolute atomic E-state index is 0.589. The van der Waals surface area contributed by atoms with Gasteiger partial charge in [0.1, 0.15) is 0 Å². The van der Waals surface area contributed by atoms with E-state index in [9.17, 15) is 0 Å². The number of nitrogens with one attached hydrogen (secondary N) is 2. The molecule has 2 heteroatoms. The van der Waals surface area contributed by atoms with E-state index in [2.05, 4.69) is 48.7 Å². The van der Waals surface area contributed by atoms with Crippen LogP contribution >= 0.6 is 0 Å². The van der Waals surface area contributed by atoms with Crippen molar-refractivity contribution in [3.05, 3.63) is 35.4 Å². The topological polar surface area (TPSA) is 24.1 Å². The van der Waals surface area contributed by atoms with Crippen molar-refractivity contribution in [3.63, 3.8) is 0 Å². The Morgan fingerprint density at radius 1 is 1.47 bits per heavy atom. The highest BCUT2D eigenvalue weighted by Gasteiger charge is 2.16. The smallest absolute Gasteiger partial charge is 0.0208 e. The second-order valence-corrected chi connectivity index (χ2v) is 5.30. The van der Waals surface area contributed by atoms with E-state index in [0.717, 1.165) is 12.6 Å². The van der Waals surface area contributed by atoms with Crippen molar-refractivity contribution in [1.82, 2.24) is 10.6 Å². The highest BCUT2D eigenvalue weighted by Crippen LogP contribution is 2.11. The Morgan fingerprint density at radius 3 is 3.06 bits per heavy atom. The van der Waals surface area contributed by atoms with Gasteiger partial charge in [0.05, 0.1) is 0 Å². The Bertz CT molecular complexity index is 343. The van der Waals surface area contributed by atoms with Crippen LogP contribution in [-0.4, -0.2) is 18.6 Å². The molecule has 1 aromatic carbocycles. The van der Waals surface area contributed by atoms with Gasteiger partial charge >= 0.3 is 0 Å². The average molecular weight is 232 g/mol. The van der Waals surface area contributed by atoms with Crippen LogP contribution < -0.4 is 10.6 Å². The first-order valence-corrected chi connectivity index (χ1v) is 6.76. The minimum atomic E-state index is 0.589. The van der Waals surface area contributed by atoms with E-state index in [-0.39, 0.29) is 0 Å². The highest BCUT2D eigenvalue weighted by atomic mass is 15.0. The zero-order valence-corrected chi connectivity index (χ0v) is 11.0. The fourth-order valence-electron chi connectivity index (χ4n) is 2.58. The molecule has 1 saturated heterocycles. The number of hydrogen-bond acceptors (Lipinski definition) is 2. The first-order valence-electron chi connectivity index (χ1n) is 6.76. The molecule has 1 aliphatic heterocycles. The van der Waals surface area contributed by atoms with Crippen LogP contribution in [0.25, 0.3) is 0 Å². The lowest BCUT2D eigenvalue weighted by molar-refractivity contribution is 0.440. The molecule has 2 N–H and O–H groups in total. The average Bonchev–Trinajstić information content (AvgIpc) is 2.79. The second-order valence-electron chi connectivity index (χ2n) is 5.30. The van der Waals surface area contributed by atoms with Gasteiger partial charge in [-0.1, -0.05) is 29.8 Å².